The quantitative estimate of drug-likeness (QED) is 0.926. The van der Waals surface area contributed by atoms with Crippen molar-refractivity contribution in [2.24, 2.45) is 0 Å². The van der Waals surface area contributed by atoms with E-state index in [4.69, 9.17) is 0 Å². The average Bonchev–Trinajstić information content (AvgIpc) is 3.19. The van der Waals surface area contributed by atoms with Gasteiger partial charge in [0.15, 0.2) is 0 Å². The molecule has 0 spiro atoms. The van der Waals surface area contributed by atoms with Crippen molar-refractivity contribution in [3.63, 3.8) is 0 Å². The second-order valence-electron chi connectivity index (χ2n) is 6.52. The molecule has 1 aromatic carbocycles. The molecule has 20 heavy (non-hydrogen) atoms. The number of nitrogens with one attached hydrogen (secondary N) is 1. The Bertz CT molecular complexity index is 567. The van der Waals surface area contributed by atoms with E-state index in [1.54, 1.807) is 0 Å². The van der Waals surface area contributed by atoms with Crippen LogP contribution in [0.5, 0.6) is 0 Å². The molecule has 1 aromatic rings. The first-order chi connectivity index (χ1) is 9.49. The molecule has 3 rings (SSSR count). The highest BCUT2D eigenvalue weighted by Gasteiger charge is 2.46. The fourth-order valence-corrected chi connectivity index (χ4v) is 4.87. The molecule has 1 aliphatic heterocycles. The monoisotopic (exact) mass is 293 g/mol. The van der Waals surface area contributed by atoms with Gasteiger partial charge < -0.3 is 5.32 Å². The van der Waals surface area contributed by atoms with Crippen LogP contribution in [0.4, 0.5) is 0 Å². The summed E-state index contributed by atoms with van der Waals surface area (Å²) in [5.74, 6) is 0.910. The van der Waals surface area contributed by atoms with Crippen LogP contribution in [0.1, 0.15) is 42.7 Å². The molecule has 0 bridgehead atoms. The molecule has 1 unspecified atom stereocenters. The number of rotatable bonds is 4. The van der Waals surface area contributed by atoms with Crippen LogP contribution >= 0.6 is 0 Å². The van der Waals surface area contributed by atoms with Crippen LogP contribution < -0.4 is 5.32 Å². The summed E-state index contributed by atoms with van der Waals surface area (Å²) in [5, 5.41) is 3.44. The summed E-state index contributed by atoms with van der Waals surface area (Å²) in [5.41, 5.74) is 2.50. The number of benzene rings is 1. The zero-order valence-corrected chi connectivity index (χ0v) is 12.9. The van der Waals surface area contributed by atoms with Gasteiger partial charge in [-0.25, -0.2) is 8.42 Å². The van der Waals surface area contributed by atoms with Crippen LogP contribution in [0, 0.1) is 0 Å². The fourth-order valence-electron chi connectivity index (χ4n) is 3.41. The minimum absolute atomic E-state index is 0.0864. The topological polar surface area (TPSA) is 46.2 Å². The zero-order chi connectivity index (χ0) is 14.2. The number of piperidine rings is 1. The standard InChI is InChI=1S/C16H23NO2S/c1-20(18,19)12-16(8-9-16)15-6-4-13(5-7-15)14-3-2-10-17-11-14/h4-7,14,17H,2-3,8-12H2,1H3. The third kappa shape index (κ3) is 3.07. The van der Waals surface area contributed by atoms with E-state index in [9.17, 15) is 8.42 Å². The van der Waals surface area contributed by atoms with Gasteiger partial charge in [-0.05, 0) is 49.3 Å². The van der Waals surface area contributed by atoms with Crippen LogP contribution in [0.15, 0.2) is 24.3 Å². The normalized spacial score (nSPS) is 25.4. The smallest absolute Gasteiger partial charge is 0.148 e. The first kappa shape index (κ1) is 14.1. The maximum Gasteiger partial charge on any atom is 0.148 e. The van der Waals surface area contributed by atoms with E-state index in [-0.39, 0.29) is 5.41 Å². The van der Waals surface area contributed by atoms with Crippen LogP contribution in [0.2, 0.25) is 0 Å². The molecular weight excluding hydrogens is 270 g/mol. The Balaban J connectivity index is 1.76. The molecule has 110 valence electrons. The van der Waals surface area contributed by atoms with Crippen molar-refractivity contribution < 1.29 is 8.42 Å². The zero-order valence-electron chi connectivity index (χ0n) is 12.1. The predicted molar refractivity (Wildman–Crippen MR) is 81.9 cm³/mol. The molecule has 1 N–H and O–H groups in total. The number of sulfone groups is 1. The lowest BCUT2D eigenvalue weighted by Gasteiger charge is -2.24. The minimum Gasteiger partial charge on any atom is -0.316 e. The summed E-state index contributed by atoms with van der Waals surface area (Å²) in [6, 6.07) is 8.72. The molecule has 1 heterocycles. The van der Waals surface area contributed by atoms with E-state index < -0.39 is 9.84 Å². The van der Waals surface area contributed by atoms with Crippen LogP contribution in [0.25, 0.3) is 0 Å². The van der Waals surface area contributed by atoms with Gasteiger partial charge in [-0.1, -0.05) is 24.3 Å². The van der Waals surface area contributed by atoms with E-state index >= 15 is 0 Å². The van der Waals surface area contributed by atoms with E-state index in [1.807, 2.05) is 0 Å². The number of hydrogen-bond acceptors (Lipinski definition) is 3. The molecule has 1 aliphatic carbocycles. The van der Waals surface area contributed by atoms with Crippen LogP contribution in [-0.4, -0.2) is 33.5 Å². The van der Waals surface area contributed by atoms with Gasteiger partial charge in [-0.2, -0.15) is 0 Å². The van der Waals surface area contributed by atoms with Crippen LogP contribution in [-0.2, 0) is 15.3 Å². The van der Waals surface area contributed by atoms with Crippen molar-refractivity contribution >= 4 is 9.84 Å². The van der Waals surface area contributed by atoms with E-state index in [0.29, 0.717) is 11.7 Å². The summed E-state index contributed by atoms with van der Waals surface area (Å²) in [7, 11) is -2.91. The van der Waals surface area contributed by atoms with Crippen molar-refractivity contribution in [3.8, 4) is 0 Å². The van der Waals surface area contributed by atoms with Gasteiger partial charge in [0.1, 0.15) is 9.84 Å². The third-order valence-electron chi connectivity index (χ3n) is 4.68. The van der Waals surface area contributed by atoms with Crippen molar-refractivity contribution in [1.82, 2.24) is 5.32 Å². The Morgan fingerprint density at radius 3 is 2.45 bits per heavy atom. The van der Waals surface area contributed by atoms with E-state index in [0.717, 1.165) is 25.9 Å². The SMILES string of the molecule is CS(=O)(=O)CC1(c2ccc(C3CCCNC3)cc2)CC1. The Morgan fingerprint density at radius 1 is 1.25 bits per heavy atom. The molecule has 4 heteroatoms. The Morgan fingerprint density at radius 2 is 1.95 bits per heavy atom. The Labute approximate surface area is 121 Å². The van der Waals surface area contributed by atoms with Gasteiger partial charge in [0, 0.05) is 18.2 Å². The molecule has 1 saturated carbocycles. The highest BCUT2D eigenvalue weighted by molar-refractivity contribution is 7.90. The van der Waals surface area contributed by atoms with Crippen molar-refractivity contribution in [3.05, 3.63) is 35.4 Å². The second kappa shape index (κ2) is 5.15. The van der Waals surface area contributed by atoms with Gasteiger partial charge in [0.2, 0.25) is 0 Å². The second-order valence-corrected chi connectivity index (χ2v) is 8.66. The molecule has 2 fully saturated rings. The van der Waals surface area contributed by atoms with Gasteiger partial charge in [0.05, 0.1) is 5.75 Å². The van der Waals surface area contributed by atoms with E-state index in [2.05, 4.69) is 29.6 Å². The molecule has 0 radical (unpaired) electrons. The maximum atomic E-state index is 11.6. The Hall–Kier alpha value is -0.870. The molecular formula is C16H23NO2S. The average molecular weight is 293 g/mol. The van der Waals surface area contributed by atoms with Gasteiger partial charge >= 0.3 is 0 Å². The molecule has 0 amide bonds. The molecule has 1 atom stereocenters. The summed E-state index contributed by atoms with van der Waals surface area (Å²) in [6.07, 6.45) is 5.84. The van der Waals surface area contributed by atoms with Crippen molar-refractivity contribution in [2.75, 3.05) is 25.1 Å². The lowest BCUT2D eigenvalue weighted by molar-refractivity contribution is 0.461. The highest BCUT2D eigenvalue weighted by Crippen LogP contribution is 2.49. The summed E-state index contributed by atoms with van der Waals surface area (Å²) >= 11 is 0. The largest absolute Gasteiger partial charge is 0.316 e. The van der Waals surface area contributed by atoms with Gasteiger partial charge in [0.25, 0.3) is 0 Å². The summed E-state index contributed by atoms with van der Waals surface area (Å²) in [6.45, 7) is 2.19. The molecule has 0 aromatic heterocycles. The van der Waals surface area contributed by atoms with E-state index in [1.165, 1.54) is 30.2 Å². The number of hydrogen-bond donors (Lipinski definition) is 1. The lowest BCUT2D eigenvalue weighted by Crippen LogP contribution is -2.28. The maximum absolute atomic E-state index is 11.6. The Kier molecular flexibility index (Phi) is 3.63. The molecule has 2 aliphatic rings. The molecule has 3 nitrogen and oxygen atoms in total. The molecule has 1 saturated heterocycles. The van der Waals surface area contributed by atoms with Crippen molar-refractivity contribution in [1.29, 1.82) is 0 Å². The van der Waals surface area contributed by atoms with Crippen LogP contribution in [0.3, 0.4) is 0 Å². The highest BCUT2D eigenvalue weighted by atomic mass is 32.2. The van der Waals surface area contributed by atoms with Gasteiger partial charge in [-0.15, -0.1) is 0 Å². The fraction of sp³-hybridized carbons (Fsp3) is 0.625. The minimum atomic E-state index is -2.91. The summed E-state index contributed by atoms with van der Waals surface area (Å²) < 4.78 is 23.1. The van der Waals surface area contributed by atoms with Crippen molar-refractivity contribution in [2.45, 2.75) is 37.0 Å². The predicted octanol–water partition coefficient (Wildman–Crippen LogP) is 2.23. The third-order valence-corrected chi connectivity index (χ3v) is 5.76. The first-order valence-electron chi connectivity index (χ1n) is 7.47. The first-order valence-corrected chi connectivity index (χ1v) is 9.54. The van der Waals surface area contributed by atoms with Gasteiger partial charge in [-0.3, -0.25) is 0 Å². The lowest BCUT2D eigenvalue weighted by atomic mass is 9.89. The summed E-state index contributed by atoms with van der Waals surface area (Å²) in [4.78, 5) is 0.